The molecule has 0 bridgehead atoms. The zero-order valence-electron chi connectivity index (χ0n) is 12.6. The number of carbonyl (C=O) groups is 1. The summed E-state index contributed by atoms with van der Waals surface area (Å²) in [6.45, 7) is 8.02. The zero-order chi connectivity index (χ0) is 15.4. The van der Waals surface area contributed by atoms with Crippen molar-refractivity contribution in [1.82, 2.24) is 10.2 Å². The van der Waals surface area contributed by atoms with E-state index in [4.69, 9.17) is 4.74 Å². The fraction of sp³-hybridized carbons (Fsp3) is 0.400. The first kappa shape index (κ1) is 15.4. The molecule has 0 saturated carbocycles. The molecule has 1 aromatic heterocycles. The molecule has 0 unspecified atom stereocenters. The second-order valence-corrected chi connectivity index (χ2v) is 6.27. The highest BCUT2D eigenvalue weighted by atomic mass is 32.1. The minimum atomic E-state index is -0.236. The Labute approximate surface area is 128 Å². The molecule has 0 fully saturated rings. The fourth-order valence-corrected chi connectivity index (χ4v) is 2.60. The molecule has 2 aromatic rings. The third-order valence-corrected chi connectivity index (χ3v) is 3.89. The highest BCUT2D eigenvalue weighted by Crippen LogP contribution is 2.22. The largest absolute Gasteiger partial charge is 0.484 e. The lowest BCUT2D eigenvalue weighted by Gasteiger charge is -2.07. The summed E-state index contributed by atoms with van der Waals surface area (Å²) < 4.78 is 5.50. The van der Waals surface area contributed by atoms with Crippen LogP contribution in [0.1, 0.15) is 35.9 Å². The monoisotopic (exact) mass is 305 g/mol. The molecule has 2 rings (SSSR count). The molecule has 0 radical (unpaired) electrons. The molecule has 0 atom stereocenters. The highest BCUT2D eigenvalue weighted by molar-refractivity contribution is 7.15. The molecular weight excluding hydrogens is 286 g/mol. The van der Waals surface area contributed by atoms with Gasteiger partial charge in [0, 0.05) is 5.92 Å². The van der Waals surface area contributed by atoms with Gasteiger partial charge in [0.15, 0.2) is 6.61 Å². The van der Waals surface area contributed by atoms with Crippen LogP contribution in [0.2, 0.25) is 0 Å². The molecule has 1 heterocycles. The average Bonchev–Trinajstić information content (AvgIpc) is 2.84. The van der Waals surface area contributed by atoms with Gasteiger partial charge in [0.1, 0.15) is 10.8 Å². The molecule has 1 aromatic carbocycles. The SMILES string of the molecule is Cc1cc(C)cc(OCC(=O)Nc2nnc(C(C)C)s2)c1. The zero-order valence-corrected chi connectivity index (χ0v) is 13.5. The smallest absolute Gasteiger partial charge is 0.264 e. The summed E-state index contributed by atoms with van der Waals surface area (Å²) in [4.78, 5) is 11.8. The summed E-state index contributed by atoms with van der Waals surface area (Å²) >= 11 is 1.39. The molecule has 0 aliphatic carbocycles. The van der Waals surface area contributed by atoms with Gasteiger partial charge in [0.25, 0.3) is 5.91 Å². The lowest BCUT2D eigenvalue weighted by molar-refractivity contribution is -0.118. The number of hydrogen-bond donors (Lipinski definition) is 1. The van der Waals surface area contributed by atoms with Crippen molar-refractivity contribution in [2.24, 2.45) is 0 Å². The van der Waals surface area contributed by atoms with Gasteiger partial charge in [-0.2, -0.15) is 0 Å². The van der Waals surface area contributed by atoms with E-state index in [1.54, 1.807) is 0 Å². The van der Waals surface area contributed by atoms with Crippen molar-refractivity contribution in [3.8, 4) is 5.75 Å². The van der Waals surface area contributed by atoms with Gasteiger partial charge in [-0.3, -0.25) is 10.1 Å². The predicted molar refractivity (Wildman–Crippen MR) is 84.0 cm³/mol. The predicted octanol–water partition coefficient (Wildman–Crippen LogP) is 3.30. The summed E-state index contributed by atoms with van der Waals surface area (Å²) in [5.41, 5.74) is 2.22. The lowest BCUT2D eigenvalue weighted by Crippen LogP contribution is -2.20. The van der Waals surface area contributed by atoms with Crippen LogP contribution in [0.25, 0.3) is 0 Å². The Hall–Kier alpha value is -1.95. The number of ether oxygens (including phenoxy) is 1. The van der Waals surface area contributed by atoms with Crippen molar-refractivity contribution in [3.05, 3.63) is 34.3 Å². The number of hydrogen-bond acceptors (Lipinski definition) is 5. The summed E-state index contributed by atoms with van der Waals surface area (Å²) in [5.74, 6) is 0.767. The van der Waals surface area contributed by atoms with E-state index >= 15 is 0 Å². The second kappa shape index (κ2) is 6.67. The van der Waals surface area contributed by atoms with E-state index in [1.807, 2.05) is 39.8 Å². The van der Waals surface area contributed by atoms with Crippen molar-refractivity contribution in [2.75, 3.05) is 11.9 Å². The van der Waals surface area contributed by atoms with Crippen LogP contribution in [-0.2, 0) is 4.79 Å². The van der Waals surface area contributed by atoms with E-state index in [1.165, 1.54) is 11.3 Å². The third-order valence-electron chi connectivity index (χ3n) is 2.75. The summed E-state index contributed by atoms with van der Waals surface area (Å²) in [5, 5.41) is 12.1. The number of anilines is 1. The Morgan fingerprint density at radius 2 is 1.90 bits per heavy atom. The molecule has 0 spiro atoms. The third kappa shape index (κ3) is 4.53. The van der Waals surface area contributed by atoms with Gasteiger partial charge in [0.05, 0.1) is 0 Å². The van der Waals surface area contributed by atoms with Crippen LogP contribution in [0.4, 0.5) is 5.13 Å². The van der Waals surface area contributed by atoms with E-state index in [9.17, 15) is 4.79 Å². The van der Waals surface area contributed by atoms with Crippen molar-refractivity contribution in [2.45, 2.75) is 33.6 Å². The molecule has 21 heavy (non-hydrogen) atoms. The molecule has 0 saturated heterocycles. The van der Waals surface area contributed by atoms with Crippen LogP contribution in [-0.4, -0.2) is 22.7 Å². The van der Waals surface area contributed by atoms with E-state index in [0.29, 0.717) is 16.8 Å². The van der Waals surface area contributed by atoms with Gasteiger partial charge in [0.2, 0.25) is 5.13 Å². The van der Waals surface area contributed by atoms with Crippen molar-refractivity contribution >= 4 is 22.4 Å². The molecule has 6 heteroatoms. The first-order valence-electron chi connectivity index (χ1n) is 6.78. The van der Waals surface area contributed by atoms with Gasteiger partial charge in [-0.1, -0.05) is 31.3 Å². The number of benzene rings is 1. The fourth-order valence-electron chi connectivity index (χ4n) is 1.84. The van der Waals surface area contributed by atoms with Gasteiger partial charge in [-0.05, 0) is 37.1 Å². The topological polar surface area (TPSA) is 64.1 Å². The molecule has 5 nitrogen and oxygen atoms in total. The summed E-state index contributed by atoms with van der Waals surface area (Å²) in [7, 11) is 0. The van der Waals surface area contributed by atoms with E-state index in [2.05, 4.69) is 21.6 Å². The average molecular weight is 305 g/mol. The van der Waals surface area contributed by atoms with Gasteiger partial charge in [-0.25, -0.2) is 0 Å². The highest BCUT2D eigenvalue weighted by Gasteiger charge is 2.11. The Morgan fingerprint density at radius 1 is 1.24 bits per heavy atom. The van der Waals surface area contributed by atoms with Crippen LogP contribution >= 0.6 is 11.3 Å². The van der Waals surface area contributed by atoms with Crippen molar-refractivity contribution < 1.29 is 9.53 Å². The number of amides is 1. The van der Waals surface area contributed by atoms with Gasteiger partial charge < -0.3 is 4.74 Å². The Balaban J connectivity index is 1.89. The van der Waals surface area contributed by atoms with Gasteiger partial charge in [-0.15, -0.1) is 10.2 Å². The first-order valence-corrected chi connectivity index (χ1v) is 7.60. The van der Waals surface area contributed by atoms with E-state index < -0.39 is 0 Å². The maximum Gasteiger partial charge on any atom is 0.264 e. The van der Waals surface area contributed by atoms with Gasteiger partial charge >= 0.3 is 0 Å². The maximum atomic E-state index is 11.8. The van der Waals surface area contributed by atoms with E-state index in [-0.39, 0.29) is 12.5 Å². The number of nitrogens with one attached hydrogen (secondary N) is 1. The quantitative estimate of drug-likeness (QED) is 0.920. The van der Waals surface area contributed by atoms with Crippen LogP contribution < -0.4 is 10.1 Å². The Morgan fingerprint density at radius 3 is 2.48 bits per heavy atom. The minimum Gasteiger partial charge on any atom is -0.484 e. The van der Waals surface area contributed by atoms with E-state index in [0.717, 1.165) is 16.1 Å². The van der Waals surface area contributed by atoms with Crippen molar-refractivity contribution in [3.63, 3.8) is 0 Å². The molecule has 1 N–H and O–H groups in total. The Kier molecular flexibility index (Phi) is 4.90. The summed E-state index contributed by atoms with van der Waals surface area (Å²) in [6, 6.07) is 5.87. The second-order valence-electron chi connectivity index (χ2n) is 5.26. The first-order chi connectivity index (χ1) is 9.94. The molecule has 0 aliphatic rings. The number of aromatic nitrogens is 2. The molecule has 0 aliphatic heterocycles. The molecule has 112 valence electrons. The number of carbonyl (C=O) groups excluding carboxylic acids is 1. The number of rotatable bonds is 5. The van der Waals surface area contributed by atoms with Crippen molar-refractivity contribution in [1.29, 1.82) is 0 Å². The Bertz CT molecular complexity index is 617. The molecule has 1 amide bonds. The molecular formula is C15H19N3O2S. The minimum absolute atomic E-state index is 0.0422. The van der Waals surface area contributed by atoms with Crippen LogP contribution in [0.15, 0.2) is 18.2 Å². The van der Waals surface area contributed by atoms with Crippen LogP contribution in [0.3, 0.4) is 0 Å². The summed E-state index contributed by atoms with van der Waals surface area (Å²) in [6.07, 6.45) is 0. The van der Waals surface area contributed by atoms with Crippen LogP contribution in [0, 0.1) is 13.8 Å². The number of nitrogens with zero attached hydrogens (tertiary/aromatic N) is 2. The standard InChI is InChI=1S/C15H19N3O2S/c1-9(2)14-17-18-15(21-14)16-13(19)8-20-12-6-10(3)5-11(4)7-12/h5-7,9H,8H2,1-4H3,(H,16,18,19). The normalized spacial score (nSPS) is 10.7. The lowest BCUT2D eigenvalue weighted by atomic mass is 10.1. The number of aryl methyl sites for hydroxylation is 2. The van der Waals surface area contributed by atoms with Crippen LogP contribution in [0.5, 0.6) is 5.75 Å². The maximum absolute atomic E-state index is 11.8.